The molecule has 19 heavy (non-hydrogen) atoms. The lowest BCUT2D eigenvalue weighted by molar-refractivity contribution is 0.0474. The number of nitrogens with two attached hydrogens (primary N) is 1. The van der Waals surface area contributed by atoms with Crippen molar-refractivity contribution in [3.05, 3.63) is 57.3 Å². The van der Waals surface area contributed by atoms with Gasteiger partial charge in [-0.05, 0) is 23.8 Å². The Bertz CT molecular complexity index is 619. The lowest BCUT2D eigenvalue weighted by atomic mass is 10.2. The third-order valence-electron chi connectivity index (χ3n) is 2.38. The molecule has 6 heteroatoms. The number of halogens is 2. The van der Waals surface area contributed by atoms with E-state index in [1.165, 1.54) is 12.3 Å². The second-order valence-electron chi connectivity index (χ2n) is 3.80. The number of carbonyl (C=O) groups is 1. The number of hydrogen-bond acceptors (Lipinski definition) is 4. The van der Waals surface area contributed by atoms with E-state index in [-0.39, 0.29) is 23.0 Å². The van der Waals surface area contributed by atoms with Crippen molar-refractivity contribution in [2.75, 3.05) is 5.73 Å². The van der Waals surface area contributed by atoms with Gasteiger partial charge >= 0.3 is 5.97 Å². The molecule has 0 aliphatic heterocycles. The van der Waals surface area contributed by atoms with Gasteiger partial charge in [0, 0.05) is 4.47 Å². The van der Waals surface area contributed by atoms with Crippen molar-refractivity contribution in [2.24, 2.45) is 0 Å². The average Bonchev–Trinajstić information content (AvgIpc) is 2.39. The fraction of sp³-hybridized carbons (Fsp3) is 0.0769. The van der Waals surface area contributed by atoms with Crippen molar-refractivity contribution in [1.82, 2.24) is 4.98 Å². The minimum atomic E-state index is -0.526. The zero-order chi connectivity index (χ0) is 13.8. The van der Waals surface area contributed by atoms with Gasteiger partial charge in [0.1, 0.15) is 11.8 Å². The summed E-state index contributed by atoms with van der Waals surface area (Å²) in [6, 6.07) is 8.88. The lowest BCUT2D eigenvalue weighted by Gasteiger charge is -2.07. The summed E-state index contributed by atoms with van der Waals surface area (Å²) in [5.41, 5.74) is 6.99. The fourth-order valence-corrected chi connectivity index (χ4v) is 2.08. The minimum Gasteiger partial charge on any atom is -0.457 e. The molecule has 2 N–H and O–H groups in total. The van der Waals surface area contributed by atoms with Crippen LogP contribution in [0.15, 0.2) is 41.0 Å². The van der Waals surface area contributed by atoms with E-state index in [1.807, 2.05) is 24.3 Å². The number of esters is 1. The molecule has 0 fully saturated rings. The first kappa shape index (κ1) is 13.8. The van der Waals surface area contributed by atoms with Crippen LogP contribution in [0, 0.1) is 0 Å². The highest BCUT2D eigenvalue weighted by Gasteiger charge is 2.12. The summed E-state index contributed by atoms with van der Waals surface area (Å²) in [4.78, 5) is 15.7. The quantitative estimate of drug-likeness (QED) is 0.686. The van der Waals surface area contributed by atoms with Crippen LogP contribution in [0.1, 0.15) is 15.9 Å². The predicted molar refractivity (Wildman–Crippen MR) is 76.9 cm³/mol. The summed E-state index contributed by atoms with van der Waals surface area (Å²) in [5.74, 6) is -0.526. The molecule has 0 amide bonds. The molecule has 0 saturated heterocycles. The topological polar surface area (TPSA) is 65.2 Å². The number of carbonyl (C=O) groups excluding carboxylic acids is 1. The van der Waals surface area contributed by atoms with Crippen molar-refractivity contribution in [1.29, 1.82) is 0 Å². The Hall–Kier alpha value is -1.59. The van der Waals surface area contributed by atoms with Crippen LogP contribution in [0.4, 0.5) is 5.69 Å². The summed E-state index contributed by atoms with van der Waals surface area (Å²) in [5, 5.41) is 0.198. The smallest absolute Gasteiger partial charge is 0.340 e. The van der Waals surface area contributed by atoms with Gasteiger partial charge in [0.2, 0.25) is 0 Å². The van der Waals surface area contributed by atoms with Crippen LogP contribution in [0.25, 0.3) is 0 Å². The summed E-state index contributed by atoms with van der Waals surface area (Å²) < 4.78 is 6.10. The number of pyridine rings is 1. The molecule has 1 heterocycles. The molecular formula is C13H10BrClN2O2. The molecule has 4 nitrogen and oxygen atoms in total. The second-order valence-corrected chi connectivity index (χ2v) is 5.10. The molecule has 2 rings (SSSR count). The van der Waals surface area contributed by atoms with E-state index in [0.717, 1.165) is 10.0 Å². The van der Waals surface area contributed by atoms with Crippen LogP contribution in [-0.4, -0.2) is 11.0 Å². The number of rotatable bonds is 3. The summed E-state index contributed by atoms with van der Waals surface area (Å²) >= 11 is 9.07. The highest BCUT2D eigenvalue weighted by molar-refractivity contribution is 9.10. The van der Waals surface area contributed by atoms with E-state index >= 15 is 0 Å². The van der Waals surface area contributed by atoms with Crippen LogP contribution < -0.4 is 5.73 Å². The van der Waals surface area contributed by atoms with Gasteiger partial charge in [-0.3, -0.25) is 0 Å². The van der Waals surface area contributed by atoms with Crippen molar-refractivity contribution >= 4 is 39.2 Å². The van der Waals surface area contributed by atoms with Gasteiger partial charge in [-0.2, -0.15) is 0 Å². The van der Waals surface area contributed by atoms with Crippen LogP contribution in [0.3, 0.4) is 0 Å². The van der Waals surface area contributed by atoms with Gasteiger partial charge in [0.15, 0.2) is 0 Å². The molecule has 0 spiro atoms. The number of benzene rings is 1. The Balaban J connectivity index is 2.07. The number of nitrogens with zero attached hydrogens (tertiary/aromatic N) is 1. The summed E-state index contributed by atoms with van der Waals surface area (Å²) in [7, 11) is 0. The summed E-state index contributed by atoms with van der Waals surface area (Å²) in [6.07, 6.45) is 1.33. The van der Waals surface area contributed by atoms with E-state index in [2.05, 4.69) is 20.9 Å². The normalized spacial score (nSPS) is 10.2. The first-order valence-electron chi connectivity index (χ1n) is 5.39. The number of hydrogen-bond donors (Lipinski definition) is 1. The van der Waals surface area contributed by atoms with Crippen molar-refractivity contribution in [3.63, 3.8) is 0 Å². The maximum Gasteiger partial charge on any atom is 0.340 e. The Morgan fingerprint density at radius 3 is 2.95 bits per heavy atom. The van der Waals surface area contributed by atoms with Gasteiger partial charge in [-0.1, -0.05) is 39.7 Å². The van der Waals surface area contributed by atoms with E-state index in [9.17, 15) is 4.79 Å². The van der Waals surface area contributed by atoms with Gasteiger partial charge < -0.3 is 10.5 Å². The highest BCUT2D eigenvalue weighted by Crippen LogP contribution is 2.17. The molecule has 0 aliphatic carbocycles. The SMILES string of the molecule is Nc1cnc(Cl)cc1C(=O)OCc1cccc(Br)c1. The predicted octanol–water partition coefficient (Wildman–Crippen LogP) is 3.44. The molecule has 0 radical (unpaired) electrons. The van der Waals surface area contributed by atoms with E-state index in [4.69, 9.17) is 22.1 Å². The first-order valence-corrected chi connectivity index (χ1v) is 6.56. The van der Waals surface area contributed by atoms with Crippen LogP contribution in [0.2, 0.25) is 5.15 Å². The molecule has 0 aliphatic rings. The molecule has 1 aromatic carbocycles. The first-order chi connectivity index (χ1) is 9.06. The third-order valence-corrected chi connectivity index (χ3v) is 3.08. The number of nitrogen functional groups attached to an aromatic ring is 1. The zero-order valence-corrected chi connectivity index (χ0v) is 12.1. The van der Waals surface area contributed by atoms with Crippen molar-refractivity contribution in [3.8, 4) is 0 Å². The Morgan fingerprint density at radius 1 is 1.42 bits per heavy atom. The Morgan fingerprint density at radius 2 is 2.21 bits per heavy atom. The molecule has 1 aromatic heterocycles. The number of anilines is 1. The van der Waals surface area contributed by atoms with Gasteiger partial charge in [-0.15, -0.1) is 0 Å². The second kappa shape index (κ2) is 6.04. The molecule has 2 aromatic rings. The van der Waals surface area contributed by atoms with Gasteiger partial charge in [0.25, 0.3) is 0 Å². The van der Waals surface area contributed by atoms with Crippen molar-refractivity contribution < 1.29 is 9.53 Å². The van der Waals surface area contributed by atoms with Crippen molar-refractivity contribution in [2.45, 2.75) is 6.61 Å². The minimum absolute atomic E-state index is 0.164. The van der Waals surface area contributed by atoms with Gasteiger partial charge in [-0.25, -0.2) is 9.78 Å². The molecule has 98 valence electrons. The van der Waals surface area contributed by atoms with Crippen LogP contribution in [0.5, 0.6) is 0 Å². The monoisotopic (exact) mass is 340 g/mol. The van der Waals surface area contributed by atoms with E-state index in [0.29, 0.717) is 0 Å². The van der Waals surface area contributed by atoms with E-state index < -0.39 is 5.97 Å². The molecule has 0 unspecified atom stereocenters. The molecular weight excluding hydrogens is 332 g/mol. The number of aromatic nitrogens is 1. The summed E-state index contributed by atoms with van der Waals surface area (Å²) in [6.45, 7) is 0.164. The fourth-order valence-electron chi connectivity index (χ4n) is 1.47. The lowest BCUT2D eigenvalue weighted by Crippen LogP contribution is -2.08. The molecule has 0 saturated carbocycles. The van der Waals surface area contributed by atoms with Gasteiger partial charge in [0.05, 0.1) is 17.4 Å². The zero-order valence-electron chi connectivity index (χ0n) is 9.77. The standard InChI is InChI=1S/C13H10BrClN2O2/c14-9-3-1-2-8(4-9)7-19-13(18)10-5-12(15)17-6-11(10)16/h1-6H,7,16H2. The number of ether oxygens (including phenoxy) is 1. The highest BCUT2D eigenvalue weighted by atomic mass is 79.9. The Kier molecular flexibility index (Phi) is 4.39. The van der Waals surface area contributed by atoms with Crippen LogP contribution in [-0.2, 0) is 11.3 Å². The van der Waals surface area contributed by atoms with Crippen LogP contribution >= 0.6 is 27.5 Å². The Labute approximate surface area is 123 Å². The third kappa shape index (κ3) is 3.68. The maximum absolute atomic E-state index is 11.9. The maximum atomic E-state index is 11.9. The van der Waals surface area contributed by atoms with E-state index in [1.54, 1.807) is 0 Å². The molecule has 0 atom stereocenters. The largest absolute Gasteiger partial charge is 0.457 e. The average molecular weight is 342 g/mol. The molecule has 0 bridgehead atoms.